The molecule has 0 saturated carbocycles. The first-order valence-corrected chi connectivity index (χ1v) is 10.1. The third-order valence-electron chi connectivity index (χ3n) is 4.18. The first kappa shape index (κ1) is 20.1. The van der Waals surface area contributed by atoms with Crippen molar-refractivity contribution >= 4 is 27.3 Å². The van der Waals surface area contributed by atoms with E-state index in [4.69, 9.17) is 0 Å². The maximum Gasteiger partial charge on any atom is 0.269 e. The fourth-order valence-electron chi connectivity index (χ4n) is 2.94. The Morgan fingerprint density at radius 3 is 2.42 bits per heavy atom. The Kier molecular flexibility index (Phi) is 6.54. The number of benzene rings is 1. The van der Waals surface area contributed by atoms with Crippen LogP contribution in [-0.4, -0.2) is 55.0 Å². The van der Waals surface area contributed by atoms with E-state index in [1.54, 1.807) is 12.1 Å². The Bertz CT molecular complexity index is 748. The molecule has 1 saturated heterocycles. The Balaban J connectivity index is 1.85. The summed E-state index contributed by atoms with van der Waals surface area (Å²) in [4.78, 5) is 22.6. The van der Waals surface area contributed by atoms with E-state index in [0.717, 1.165) is 0 Å². The van der Waals surface area contributed by atoms with Gasteiger partial charge in [0.1, 0.15) is 6.04 Å². The molecule has 1 aromatic carbocycles. The molecule has 1 amide bonds. The molecular weight excluding hydrogens is 360 g/mol. The van der Waals surface area contributed by atoms with Gasteiger partial charge in [-0.05, 0) is 24.5 Å². The summed E-state index contributed by atoms with van der Waals surface area (Å²) in [6, 6.07) is 5.27. The molecule has 2 rings (SSSR count). The van der Waals surface area contributed by atoms with Crippen LogP contribution in [0.5, 0.6) is 0 Å². The number of amides is 1. The standard InChI is InChI=1S/C16H24N4O5S/c1-12(2)15(19-10-3-11-26(19,24)25)16(21)18-9-8-17-13-4-6-14(7-5-13)20(22)23/h4-7,12,15,17H,3,8-11H2,1-2H3,(H,18,21)/t15-/m0/s1. The maximum absolute atomic E-state index is 12.5. The number of anilines is 1. The molecular formula is C16H24N4O5S. The highest BCUT2D eigenvalue weighted by atomic mass is 32.2. The lowest BCUT2D eigenvalue weighted by molar-refractivity contribution is -0.384. The first-order valence-electron chi connectivity index (χ1n) is 8.48. The number of sulfonamides is 1. The smallest absolute Gasteiger partial charge is 0.269 e. The van der Waals surface area contributed by atoms with E-state index >= 15 is 0 Å². The van der Waals surface area contributed by atoms with E-state index in [1.165, 1.54) is 16.4 Å². The van der Waals surface area contributed by atoms with Gasteiger partial charge in [-0.3, -0.25) is 14.9 Å². The van der Waals surface area contributed by atoms with Gasteiger partial charge in [0, 0.05) is 37.5 Å². The summed E-state index contributed by atoms with van der Waals surface area (Å²) in [5, 5.41) is 16.4. The van der Waals surface area contributed by atoms with Crippen molar-refractivity contribution in [1.82, 2.24) is 9.62 Å². The number of nitro groups is 1. The van der Waals surface area contributed by atoms with Gasteiger partial charge in [-0.2, -0.15) is 4.31 Å². The molecule has 0 spiro atoms. The summed E-state index contributed by atoms with van der Waals surface area (Å²) in [5.41, 5.74) is 0.711. The zero-order valence-corrected chi connectivity index (χ0v) is 15.7. The largest absolute Gasteiger partial charge is 0.383 e. The van der Waals surface area contributed by atoms with Gasteiger partial charge in [0.2, 0.25) is 15.9 Å². The van der Waals surface area contributed by atoms with Crippen LogP contribution in [0.15, 0.2) is 24.3 Å². The number of carbonyl (C=O) groups is 1. The molecule has 1 aliphatic heterocycles. The van der Waals surface area contributed by atoms with E-state index in [2.05, 4.69) is 10.6 Å². The molecule has 1 aliphatic rings. The minimum absolute atomic E-state index is 0.00968. The number of hydrogen-bond acceptors (Lipinski definition) is 6. The van der Waals surface area contributed by atoms with Gasteiger partial charge in [-0.15, -0.1) is 0 Å². The first-order chi connectivity index (χ1) is 12.2. The summed E-state index contributed by atoms with van der Waals surface area (Å²) in [6.45, 7) is 4.76. The van der Waals surface area contributed by atoms with Crippen molar-refractivity contribution in [2.45, 2.75) is 26.3 Å². The number of non-ortho nitro benzene ring substituents is 1. The molecule has 2 N–H and O–H groups in total. The number of carbonyl (C=O) groups excluding carboxylic acids is 1. The highest BCUT2D eigenvalue weighted by molar-refractivity contribution is 7.89. The van der Waals surface area contributed by atoms with Gasteiger partial charge in [-0.25, -0.2) is 8.42 Å². The Labute approximate surface area is 153 Å². The van der Waals surface area contributed by atoms with Gasteiger partial charge < -0.3 is 10.6 Å². The number of nitrogens with zero attached hydrogens (tertiary/aromatic N) is 2. The van der Waals surface area contributed by atoms with Crippen molar-refractivity contribution in [3.05, 3.63) is 34.4 Å². The van der Waals surface area contributed by atoms with E-state index in [9.17, 15) is 23.3 Å². The van der Waals surface area contributed by atoms with Crippen LogP contribution in [0.25, 0.3) is 0 Å². The predicted molar refractivity (Wildman–Crippen MR) is 98.3 cm³/mol. The van der Waals surface area contributed by atoms with Crippen molar-refractivity contribution in [2.75, 3.05) is 30.7 Å². The summed E-state index contributed by atoms with van der Waals surface area (Å²) in [6.07, 6.45) is 0.542. The van der Waals surface area contributed by atoms with Crippen LogP contribution in [0, 0.1) is 16.0 Å². The average molecular weight is 384 g/mol. The minimum atomic E-state index is -3.36. The van der Waals surface area contributed by atoms with Crippen molar-refractivity contribution in [1.29, 1.82) is 0 Å². The topological polar surface area (TPSA) is 122 Å². The molecule has 1 aromatic rings. The van der Waals surface area contributed by atoms with Crippen LogP contribution in [0.4, 0.5) is 11.4 Å². The number of nitro benzene ring substituents is 1. The zero-order chi connectivity index (χ0) is 19.3. The molecule has 1 heterocycles. The van der Waals surface area contributed by atoms with Gasteiger partial charge in [0.15, 0.2) is 0 Å². The zero-order valence-electron chi connectivity index (χ0n) is 14.8. The molecule has 10 heteroatoms. The fraction of sp³-hybridized carbons (Fsp3) is 0.562. The number of nitrogens with one attached hydrogen (secondary N) is 2. The monoisotopic (exact) mass is 384 g/mol. The molecule has 1 atom stereocenters. The van der Waals surface area contributed by atoms with Crippen molar-refractivity contribution in [2.24, 2.45) is 5.92 Å². The van der Waals surface area contributed by atoms with Crippen molar-refractivity contribution in [3.63, 3.8) is 0 Å². The minimum Gasteiger partial charge on any atom is -0.383 e. The third-order valence-corrected chi connectivity index (χ3v) is 6.11. The molecule has 9 nitrogen and oxygen atoms in total. The van der Waals surface area contributed by atoms with E-state index in [-0.39, 0.29) is 23.3 Å². The predicted octanol–water partition coefficient (Wildman–Crippen LogP) is 1.18. The van der Waals surface area contributed by atoms with Crippen molar-refractivity contribution in [3.8, 4) is 0 Å². The lowest BCUT2D eigenvalue weighted by Gasteiger charge is -2.28. The van der Waals surface area contributed by atoms with Crippen LogP contribution in [0.2, 0.25) is 0 Å². The number of hydrogen-bond donors (Lipinski definition) is 2. The summed E-state index contributed by atoms with van der Waals surface area (Å²) < 4.78 is 25.5. The SMILES string of the molecule is CC(C)[C@@H](C(=O)NCCNc1ccc([N+](=O)[O-])cc1)N1CCCS1(=O)=O. The molecule has 0 radical (unpaired) electrons. The Morgan fingerprint density at radius 2 is 1.92 bits per heavy atom. The summed E-state index contributed by atoms with van der Waals surface area (Å²) >= 11 is 0. The molecule has 26 heavy (non-hydrogen) atoms. The summed E-state index contributed by atoms with van der Waals surface area (Å²) in [7, 11) is -3.36. The van der Waals surface area contributed by atoms with Gasteiger partial charge in [0.05, 0.1) is 10.7 Å². The number of rotatable bonds is 8. The fourth-order valence-corrected chi connectivity index (χ4v) is 4.76. The van der Waals surface area contributed by atoms with Gasteiger partial charge >= 0.3 is 0 Å². The second-order valence-corrected chi connectivity index (χ2v) is 8.53. The quantitative estimate of drug-likeness (QED) is 0.394. The maximum atomic E-state index is 12.5. The van der Waals surface area contributed by atoms with Crippen LogP contribution in [0.3, 0.4) is 0 Å². The van der Waals surface area contributed by atoms with Gasteiger partial charge in [-0.1, -0.05) is 13.8 Å². The van der Waals surface area contributed by atoms with E-state index in [1.807, 2.05) is 13.8 Å². The lowest BCUT2D eigenvalue weighted by Crippen LogP contribution is -2.51. The highest BCUT2D eigenvalue weighted by Crippen LogP contribution is 2.22. The lowest BCUT2D eigenvalue weighted by atomic mass is 10.0. The molecule has 1 fully saturated rings. The molecule has 0 aliphatic carbocycles. The van der Waals surface area contributed by atoms with Gasteiger partial charge in [0.25, 0.3) is 5.69 Å². The second kappa shape index (κ2) is 8.45. The van der Waals surface area contributed by atoms with Crippen molar-refractivity contribution < 1.29 is 18.1 Å². The summed E-state index contributed by atoms with van der Waals surface area (Å²) in [5.74, 6) is -0.355. The van der Waals surface area contributed by atoms with Crippen LogP contribution < -0.4 is 10.6 Å². The second-order valence-electron chi connectivity index (χ2n) is 6.49. The average Bonchev–Trinajstić information content (AvgIpc) is 2.91. The Morgan fingerprint density at radius 1 is 1.27 bits per heavy atom. The van der Waals surface area contributed by atoms with Crippen LogP contribution in [0.1, 0.15) is 20.3 Å². The molecule has 0 aromatic heterocycles. The highest BCUT2D eigenvalue weighted by Gasteiger charge is 2.39. The Hall–Kier alpha value is -2.20. The third kappa shape index (κ3) is 4.92. The van der Waals surface area contributed by atoms with Crippen LogP contribution in [-0.2, 0) is 14.8 Å². The molecule has 0 bridgehead atoms. The van der Waals surface area contributed by atoms with E-state index in [0.29, 0.717) is 31.7 Å². The molecule has 0 unspecified atom stereocenters. The van der Waals surface area contributed by atoms with E-state index < -0.39 is 21.0 Å². The normalized spacial score (nSPS) is 17.8. The van der Waals surface area contributed by atoms with Crippen LogP contribution >= 0.6 is 0 Å². The molecule has 144 valence electrons.